The van der Waals surface area contributed by atoms with Crippen molar-refractivity contribution in [3.63, 3.8) is 0 Å². The van der Waals surface area contributed by atoms with Gasteiger partial charge in [0.05, 0.1) is 12.1 Å². The molecule has 0 spiro atoms. The molecule has 0 aliphatic carbocycles. The topological polar surface area (TPSA) is 70.1 Å². The van der Waals surface area contributed by atoms with Gasteiger partial charge in [-0.15, -0.1) is 0 Å². The highest BCUT2D eigenvalue weighted by Gasteiger charge is 2.63. The van der Waals surface area contributed by atoms with Crippen LogP contribution in [0.15, 0.2) is 54.6 Å². The Morgan fingerprint density at radius 2 is 1.64 bits per heavy atom. The molecular weight excluding hydrogens is 416 g/mol. The summed E-state index contributed by atoms with van der Waals surface area (Å²) in [5.41, 5.74) is 1.07. The van der Waals surface area contributed by atoms with E-state index in [0.29, 0.717) is 25.1 Å². The molecule has 3 atom stereocenters. The van der Waals surface area contributed by atoms with Crippen molar-refractivity contribution in [1.29, 1.82) is 0 Å². The Kier molecular flexibility index (Phi) is 7.80. The van der Waals surface area contributed by atoms with E-state index >= 15 is 0 Å². The Balaban J connectivity index is 1.90. The number of nitrogens with zero attached hydrogens (tertiary/aromatic N) is 2. The summed E-state index contributed by atoms with van der Waals surface area (Å²) < 4.78 is 6.28. The van der Waals surface area contributed by atoms with Gasteiger partial charge in [0.25, 0.3) is 0 Å². The van der Waals surface area contributed by atoms with Crippen molar-refractivity contribution >= 4 is 11.9 Å². The van der Waals surface area contributed by atoms with Crippen LogP contribution in [0.25, 0.3) is 0 Å². The van der Waals surface area contributed by atoms with E-state index in [2.05, 4.69) is 0 Å². The third-order valence-electron chi connectivity index (χ3n) is 6.89. The summed E-state index contributed by atoms with van der Waals surface area (Å²) in [5, 5.41) is 9.78. The molecule has 0 saturated carbocycles. The summed E-state index contributed by atoms with van der Waals surface area (Å²) in [5.74, 6) is 0.392. The van der Waals surface area contributed by atoms with Crippen molar-refractivity contribution in [1.82, 2.24) is 9.80 Å². The van der Waals surface area contributed by atoms with E-state index in [-0.39, 0.29) is 18.0 Å². The number of amides is 3. The average Bonchev–Trinajstić information content (AvgIpc) is 2.83. The van der Waals surface area contributed by atoms with E-state index in [0.717, 1.165) is 17.5 Å². The fourth-order valence-electron chi connectivity index (χ4n) is 4.59. The fourth-order valence-corrected chi connectivity index (χ4v) is 4.59. The van der Waals surface area contributed by atoms with Crippen LogP contribution < -0.4 is 4.74 Å². The van der Waals surface area contributed by atoms with Crippen molar-refractivity contribution in [2.24, 2.45) is 5.41 Å². The molecule has 1 saturated heterocycles. The summed E-state index contributed by atoms with van der Waals surface area (Å²) in [4.78, 5) is 30.1. The second-order valence-electron chi connectivity index (χ2n) is 8.82. The lowest BCUT2D eigenvalue weighted by atomic mass is 9.72. The second-order valence-corrected chi connectivity index (χ2v) is 8.82. The predicted octanol–water partition coefficient (Wildman–Crippen LogP) is 5.69. The number of aliphatic hydroxyl groups is 1. The minimum absolute atomic E-state index is 0.171. The van der Waals surface area contributed by atoms with Gasteiger partial charge in [-0.05, 0) is 56.4 Å². The smallest absolute Gasteiger partial charge is 0.330 e. The van der Waals surface area contributed by atoms with Gasteiger partial charge in [0.2, 0.25) is 5.91 Å². The van der Waals surface area contributed by atoms with Crippen LogP contribution in [0.5, 0.6) is 5.75 Å². The number of benzene rings is 2. The predicted molar refractivity (Wildman–Crippen MR) is 129 cm³/mol. The maximum absolute atomic E-state index is 13.7. The Morgan fingerprint density at radius 1 is 1.03 bits per heavy atom. The standard InChI is InChI=1S/C27H36N2O4/c1-6-18-28(19(4)21-12-10-9-11-13-21)26(32)29-24(31)27(7-2,8-3)25(29)33-23-16-14-22(15-17-23)20(5)30/h9-17,19-20,25,30H,6-8,18H2,1-5H3/t19-,20?,25+/m1/s1. The average molecular weight is 453 g/mol. The van der Waals surface area contributed by atoms with Crippen LogP contribution in [-0.4, -0.2) is 39.6 Å². The fraction of sp³-hybridized carbons (Fsp3) is 0.481. The van der Waals surface area contributed by atoms with Crippen molar-refractivity contribution in [3.05, 3.63) is 65.7 Å². The Hall–Kier alpha value is -2.86. The molecule has 1 fully saturated rings. The van der Waals surface area contributed by atoms with Crippen molar-refractivity contribution < 1.29 is 19.4 Å². The molecule has 0 radical (unpaired) electrons. The van der Waals surface area contributed by atoms with E-state index in [1.54, 1.807) is 36.1 Å². The van der Waals surface area contributed by atoms with Crippen LogP contribution in [0.1, 0.15) is 77.2 Å². The highest BCUT2D eigenvalue weighted by molar-refractivity contribution is 6.03. The van der Waals surface area contributed by atoms with E-state index in [1.807, 2.05) is 58.0 Å². The maximum atomic E-state index is 13.7. The van der Waals surface area contributed by atoms with Gasteiger partial charge in [0, 0.05) is 6.54 Å². The second kappa shape index (κ2) is 10.4. The number of carbonyl (C=O) groups excluding carboxylic acids is 2. The number of imide groups is 1. The SMILES string of the molecule is CCCN(C(=O)N1C(=O)C(CC)(CC)[C@@H]1Oc1ccc(C(C)O)cc1)[C@H](C)c1ccccc1. The van der Waals surface area contributed by atoms with E-state index in [4.69, 9.17) is 4.74 Å². The number of hydrogen-bond donors (Lipinski definition) is 1. The van der Waals surface area contributed by atoms with Crippen LogP contribution in [0.2, 0.25) is 0 Å². The molecule has 0 bridgehead atoms. The molecule has 178 valence electrons. The van der Waals surface area contributed by atoms with Gasteiger partial charge in [-0.25, -0.2) is 9.69 Å². The molecule has 1 unspecified atom stereocenters. The highest BCUT2D eigenvalue weighted by atomic mass is 16.5. The number of aliphatic hydroxyl groups excluding tert-OH is 1. The first-order valence-electron chi connectivity index (χ1n) is 11.9. The minimum atomic E-state index is -0.730. The quantitative estimate of drug-likeness (QED) is 0.497. The lowest BCUT2D eigenvalue weighted by molar-refractivity contribution is -0.192. The van der Waals surface area contributed by atoms with Crippen molar-refractivity contribution in [2.45, 2.75) is 72.3 Å². The van der Waals surface area contributed by atoms with E-state index < -0.39 is 17.7 Å². The Bertz CT molecular complexity index is 938. The molecule has 2 aromatic rings. The van der Waals surface area contributed by atoms with Gasteiger partial charge in [-0.3, -0.25) is 4.79 Å². The first-order chi connectivity index (χ1) is 15.8. The number of likely N-dealkylation sites (tertiary alicyclic amines) is 1. The summed E-state index contributed by atoms with van der Waals surface area (Å²) in [6.45, 7) is 10.2. The molecule has 3 amide bonds. The molecule has 2 aromatic carbocycles. The highest BCUT2D eigenvalue weighted by Crippen LogP contribution is 2.47. The normalized spacial score (nSPS) is 18.9. The summed E-state index contributed by atoms with van der Waals surface area (Å²) in [6.07, 6.45) is 0.709. The number of hydrogen-bond acceptors (Lipinski definition) is 4. The van der Waals surface area contributed by atoms with E-state index in [9.17, 15) is 14.7 Å². The van der Waals surface area contributed by atoms with E-state index in [1.165, 1.54) is 4.90 Å². The molecular formula is C27H36N2O4. The minimum Gasteiger partial charge on any atom is -0.469 e. The van der Waals surface area contributed by atoms with Gasteiger partial charge in [0.1, 0.15) is 11.2 Å². The summed E-state index contributed by atoms with van der Waals surface area (Å²) >= 11 is 0. The van der Waals surface area contributed by atoms with Crippen LogP contribution in [0.4, 0.5) is 4.79 Å². The molecule has 33 heavy (non-hydrogen) atoms. The van der Waals surface area contributed by atoms with Crippen molar-refractivity contribution in [2.75, 3.05) is 6.54 Å². The van der Waals surface area contributed by atoms with Crippen molar-refractivity contribution in [3.8, 4) is 5.75 Å². The molecule has 1 N–H and O–H groups in total. The molecule has 6 nitrogen and oxygen atoms in total. The maximum Gasteiger partial charge on any atom is 0.330 e. The number of carbonyl (C=O) groups is 2. The first kappa shape index (κ1) is 24.8. The number of urea groups is 1. The number of β-lactam (4-membered cyclic amide) rings is 1. The molecule has 6 heteroatoms. The number of ether oxygens (including phenoxy) is 1. The van der Waals surface area contributed by atoms with Gasteiger partial charge in [-0.1, -0.05) is 63.2 Å². The zero-order chi connectivity index (χ0) is 24.2. The largest absolute Gasteiger partial charge is 0.469 e. The molecule has 1 heterocycles. The van der Waals surface area contributed by atoms with Crippen LogP contribution in [0, 0.1) is 5.41 Å². The first-order valence-corrected chi connectivity index (χ1v) is 11.9. The molecule has 1 aliphatic heterocycles. The third-order valence-corrected chi connectivity index (χ3v) is 6.89. The molecule has 1 aliphatic rings. The Morgan fingerprint density at radius 3 is 2.15 bits per heavy atom. The van der Waals surface area contributed by atoms with Gasteiger partial charge < -0.3 is 14.7 Å². The summed E-state index contributed by atoms with van der Waals surface area (Å²) in [7, 11) is 0. The van der Waals surface area contributed by atoms with Gasteiger partial charge in [0.15, 0.2) is 6.23 Å². The molecule has 3 rings (SSSR count). The monoisotopic (exact) mass is 452 g/mol. The zero-order valence-corrected chi connectivity index (χ0v) is 20.3. The van der Waals surface area contributed by atoms with Gasteiger partial charge >= 0.3 is 6.03 Å². The third kappa shape index (κ3) is 4.62. The Labute approximate surface area is 197 Å². The number of rotatable bonds is 9. The lowest BCUT2D eigenvalue weighted by Gasteiger charge is -2.54. The van der Waals surface area contributed by atoms with Crippen LogP contribution in [0.3, 0.4) is 0 Å². The van der Waals surface area contributed by atoms with Crippen LogP contribution in [-0.2, 0) is 4.79 Å². The van der Waals surface area contributed by atoms with Gasteiger partial charge in [-0.2, -0.15) is 0 Å². The van der Waals surface area contributed by atoms with Crippen LogP contribution >= 0.6 is 0 Å². The zero-order valence-electron chi connectivity index (χ0n) is 20.3. The lowest BCUT2D eigenvalue weighted by Crippen LogP contribution is -2.74. The molecule has 0 aromatic heterocycles. The summed E-state index contributed by atoms with van der Waals surface area (Å²) in [6, 6.07) is 16.5.